The van der Waals surface area contributed by atoms with Gasteiger partial charge in [0, 0.05) is 6.04 Å². The molecule has 0 unspecified atom stereocenters. The summed E-state index contributed by atoms with van der Waals surface area (Å²) in [7, 11) is 0. The van der Waals surface area contributed by atoms with Crippen molar-refractivity contribution in [1.82, 2.24) is 5.32 Å². The Labute approximate surface area is 126 Å². The number of hydrogen-bond acceptors (Lipinski definition) is 3. The summed E-state index contributed by atoms with van der Waals surface area (Å²) in [6.07, 6.45) is 3.19. The summed E-state index contributed by atoms with van der Waals surface area (Å²) >= 11 is 0. The highest BCUT2D eigenvalue weighted by Gasteiger charge is 2.14. The first-order valence-corrected chi connectivity index (χ1v) is 7.71. The summed E-state index contributed by atoms with van der Waals surface area (Å²) in [4.78, 5) is 0. The minimum atomic E-state index is 0.528. The molecule has 2 aromatic carbocycles. The number of nitrogen functional groups attached to an aromatic ring is 1. The van der Waals surface area contributed by atoms with Gasteiger partial charge in [0.25, 0.3) is 0 Å². The smallest absolute Gasteiger partial charge is 0.0585 e. The molecule has 1 aliphatic heterocycles. The van der Waals surface area contributed by atoms with Gasteiger partial charge in [-0.25, -0.2) is 0 Å². The van der Waals surface area contributed by atoms with Gasteiger partial charge in [0.15, 0.2) is 0 Å². The molecule has 0 radical (unpaired) electrons. The van der Waals surface area contributed by atoms with Crippen LogP contribution in [-0.4, -0.2) is 19.1 Å². The Kier molecular flexibility index (Phi) is 4.41. The van der Waals surface area contributed by atoms with E-state index in [1.54, 1.807) is 0 Å². The van der Waals surface area contributed by atoms with E-state index in [1.807, 2.05) is 6.07 Å². The topological polar surface area (TPSA) is 50.1 Å². The number of rotatable bonds is 4. The van der Waals surface area contributed by atoms with E-state index < -0.39 is 0 Å². The maximum Gasteiger partial charge on any atom is 0.0585 e. The van der Waals surface area contributed by atoms with Crippen molar-refractivity contribution in [3.05, 3.63) is 59.7 Å². The molecule has 1 aliphatic rings. The van der Waals surface area contributed by atoms with Crippen LogP contribution in [0.15, 0.2) is 48.5 Å². The summed E-state index contributed by atoms with van der Waals surface area (Å²) in [5.41, 5.74) is 10.8. The van der Waals surface area contributed by atoms with Gasteiger partial charge in [0.2, 0.25) is 0 Å². The molecule has 0 amide bonds. The third kappa shape index (κ3) is 3.56. The minimum absolute atomic E-state index is 0.528. The van der Waals surface area contributed by atoms with Gasteiger partial charge in [-0.1, -0.05) is 42.5 Å². The number of nitrogens with two attached hydrogens (primary N) is 1. The maximum atomic E-state index is 6.37. The Bertz CT molecular complexity index is 574. The van der Waals surface area contributed by atoms with Gasteiger partial charge in [-0.3, -0.25) is 0 Å². The van der Waals surface area contributed by atoms with E-state index in [4.69, 9.17) is 5.73 Å². The monoisotopic (exact) mass is 281 g/mol. The fourth-order valence-electron chi connectivity index (χ4n) is 2.89. The van der Waals surface area contributed by atoms with E-state index in [2.05, 4.69) is 53.1 Å². The molecule has 21 heavy (non-hydrogen) atoms. The van der Waals surface area contributed by atoms with Crippen LogP contribution >= 0.6 is 0 Å². The molecular weight excluding hydrogens is 258 g/mol. The van der Waals surface area contributed by atoms with E-state index >= 15 is 0 Å². The van der Waals surface area contributed by atoms with Crippen LogP contribution in [0.4, 0.5) is 11.4 Å². The van der Waals surface area contributed by atoms with Gasteiger partial charge in [-0.2, -0.15) is 0 Å². The zero-order valence-corrected chi connectivity index (χ0v) is 12.3. The predicted molar refractivity (Wildman–Crippen MR) is 89.6 cm³/mol. The summed E-state index contributed by atoms with van der Waals surface area (Å²) in [6, 6.07) is 17.3. The Morgan fingerprint density at radius 3 is 2.52 bits per heavy atom. The zero-order valence-electron chi connectivity index (χ0n) is 12.3. The van der Waals surface area contributed by atoms with Crippen molar-refractivity contribution in [3.63, 3.8) is 0 Å². The van der Waals surface area contributed by atoms with Crippen LogP contribution in [0.5, 0.6) is 0 Å². The highest BCUT2D eigenvalue weighted by Crippen LogP contribution is 2.26. The van der Waals surface area contributed by atoms with Crippen LogP contribution in [0, 0.1) is 0 Å². The van der Waals surface area contributed by atoms with Crippen LogP contribution in [0.25, 0.3) is 0 Å². The highest BCUT2D eigenvalue weighted by atomic mass is 15.0. The van der Waals surface area contributed by atoms with Crippen molar-refractivity contribution < 1.29 is 0 Å². The number of anilines is 2. The molecule has 0 bridgehead atoms. The largest absolute Gasteiger partial charge is 0.397 e. The molecule has 110 valence electrons. The van der Waals surface area contributed by atoms with Gasteiger partial charge in [-0.05, 0) is 49.5 Å². The van der Waals surface area contributed by atoms with Gasteiger partial charge in [0.05, 0.1) is 11.4 Å². The second-order valence-electron chi connectivity index (χ2n) is 5.71. The van der Waals surface area contributed by atoms with E-state index in [0.717, 1.165) is 43.7 Å². The number of piperidine rings is 1. The molecule has 3 heteroatoms. The standard InChI is InChI=1S/C18H23N3/c19-18-15(13-14-5-2-1-3-6-14)7-4-8-17(18)21-16-9-11-20-12-10-16/h1-8,16,20-21H,9-13,19H2. The van der Waals surface area contributed by atoms with Crippen molar-refractivity contribution in [2.45, 2.75) is 25.3 Å². The van der Waals surface area contributed by atoms with Crippen molar-refractivity contribution in [1.29, 1.82) is 0 Å². The van der Waals surface area contributed by atoms with Crippen LogP contribution in [0.1, 0.15) is 24.0 Å². The average molecular weight is 281 g/mol. The lowest BCUT2D eigenvalue weighted by Crippen LogP contribution is -2.35. The van der Waals surface area contributed by atoms with Crippen molar-refractivity contribution >= 4 is 11.4 Å². The predicted octanol–water partition coefficient (Wildman–Crippen LogP) is 3.02. The molecule has 0 saturated carbocycles. The third-order valence-corrected chi connectivity index (χ3v) is 4.13. The maximum absolute atomic E-state index is 6.37. The second-order valence-corrected chi connectivity index (χ2v) is 5.71. The van der Waals surface area contributed by atoms with E-state index in [0.29, 0.717) is 6.04 Å². The SMILES string of the molecule is Nc1c(Cc2ccccc2)cccc1NC1CCNCC1. The van der Waals surface area contributed by atoms with Crippen LogP contribution in [0.3, 0.4) is 0 Å². The molecular formula is C18H23N3. The molecule has 2 aromatic rings. The normalized spacial score (nSPS) is 15.8. The molecule has 0 atom stereocenters. The first-order chi connectivity index (χ1) is 10.3. The fourth-order valence-corrected chi connectivity index (χ4v) is 2.89. The zero-order chi connectivity index (χ0) is 14.5. The molecule has 0 aliphatic carbocycles. The Morgan fingerprint density at radius 1 is 1.00 bits per heavy atom. The molecule has 0 aromatic heterocycles. The lowest BCUT2D eigenvalue weighted by molar-refractivity contribution is 0.479. The molecule has 1 fully saturated rings. The number of para-hydroxylation sites is 1. The molecule has 3 rings (SSSR count). The third-order valence-electron chi connectivity index (χ3n) is 4.13. The number of hydrogen-bond donors (Lipinski definition) is 3. The molecule has 1 saturated heterocycles. The summed E-state index contributed by atoms with van der Waals surface area (Å²) in [6.45, 7) is 2.17. The molecule has 0 spiro atoms. The fraction of sp³-hybridized carbons (Fsp3) is 0.333. The van der Waals surface area contributed by atoms with Crippen LogP contribution in [-0.2, 0) is 6.42 Å². The first-order valence-electron chi connectivity index (χ1n) is 7.71. The van der Waals surface area contributed by atoms with Crippen LogP contribution < -0.4 is 16.4 Å². The van der Waals surface area contributed by atoms with Gasteiger partial charge in [-0.15, -0.1) is 0 Å². The van der Waals surface area contributed by atoms with E-state index in [9.17, 15) is 0 Å². The molecule has 4 N–H and O–H groups in total. The number of nitrogens with one attached hydrogen (secondary N) is 2. The second kappa shape index (κ2) is 6.64. The Morgan fingerprint density at radius 2 is 1.76 bits per heavy atom. The lowest BCUT2D eigenvalue weighted by Gasteiger charge is -2.26. The average Bonchev–Trinajstić information content (AvgIpc) is 2.53. The van der Waals surface area contributed by atoms with Crippen molar-refractivity contribution in [2.24, 2.45) is 0 Å². The van der Waals surface area contributed by atoms with Crippen molar-refractivity contribution in [2.75, 3.05) is 24.1 Å². The summed E-state index contributed by atoms with van der Waals surface area (Å²) < 4.78 is 0. The minimum Gasteiger partial charge on any atom is -0.397 e. The molecule has 3 nitrogen and oxygen atoms in total. The van der Waals surface area contributed by atoms with Gasteiger partial charge >= 0.3 is 0 Å². The lowest BCUT2D eigenvalue weighted by atomic mass is 10.0. The van der Waals surface area contributed by atoms with E-state index in [1.165, 1.54) is 11.1 Å². The van der Waals surface area contributed by atoms with E-state index in [-0.39, 0.29) is 0 Å². The quantitative estimate of drug-likeness (QED) is 0.755. The molecule has 1 heterocycles. The van der Waals surface area contributed by atoms with Crippen molar-refractivity contribution in [3.8, 4) is 0 Å². The first kappa shape index (κ1) is 14.0. The Hall–Kier alpha value is -2.00. The highest BCUT2D eigenvalue weighted by molar-refractivity contribution is 5.70. The number of benzene rings is 2. The van der Waals surface area contributed by atoms with Gasteiger partial charge < -0.3 is 16.4 Å². The summed E-state index contributed by atoms with van der Waals surface area (Å²) in [5.74, 6) is 0. The Balaban J connectivity index is 1.75. The van der Waals surface area contributed by atoms with Crippen LogP contribution in [0.2, 0.25) is 0 Å². The van der Waals surface area contributed by atoms with Gasteiger partial charge in [0.1, 0.15) is 0 Å². The summed E-state index contributed by atoms with van der Waals surface area (Å²) in [5, 5.41) is 7.00.